The van der Waals surface area contributed by atoms with E-state index in [-0.39, 0.29) is 5.94 Å². The fraction of sp³-hybridized carbons (Fsp3) is 0.143. The molecule has 0 saturated heterocycles. The molecule has 0 amide bonds. The fourth-order valence-electron chi connectivity index (χ4n) is 0.631. The molecule has 10 heavy (non-hydrogen) atoms. The van der Waals surface area contributed by atoms with E-state index < -0.39 is 0 Å². The summed E-state index contributed by atoms with van der Waals surface area (Å²) in [7, 11) is 0. The van der Waals surface area contributed by atoms with Crippen molar-refractivity contribution in [2.75, 3.05) is 5.94 Å². The van der Waals surface area contributed by atoms with Crippen LogP contribution in [-0.4, -0.2) is 11.0 Å². The van der Waals surface area contributed by atoms with Crippen molar-refractivity contribution in [1.82, 2.24) is 0 Å². The highest BCUT2D eigenvalue weighted by Crippen LogP contribution is 2.25. The molecule has 1 N–H and O–H groups in total. The Hall–Kier alpha value is 0.01000. The molecule has 0 aliphatic carbocycles. The lowest BCUT2D eigenvalue weighted by Crippen LogP contribution is -1.75. The van der Waals surface area contributed by atoms with Gasteiger partial charge in [-0.15, -0.1) is 0 Å². The summed E-state index contributed by atoms with van der Waals surface area (Å²) in [5.74, 6) is 0.128. The molecular formula is C7H7BrOS. The number of thioether (sulfide) groups is 1. The second-order valence-corrected chi connectivity index (χ2v) is 3.54. The van der Waals surface area contributed by atoms with Crippen molar-refractivity contribution in [1.29, 1.82) is 0 Å². The van der Waals surface area contributed by atoms with Crippen LogP contribution in [0.25, 0.3) is 0 Å². The van der Waals surface area contributed by atoms with E-state index in [1.165, 1.54) is 11.8 Å². The maximum atomic E-state index is 8.59. The van der Waals surface area contributed by atoms with Crippen LogP contribution in [0.1, 0.15) is 0 Å². The second-order valence-electron chi connectivity index (χ2n) is 1.70. The molecule has 1 nitrogen and oxygen atoms in total. The van der Waals surface area contributed by atoms with Gasteiger partial charge in [0.15, 0.2) is 0 Å². The molecule has 0 spiro atoms. The Morgan fingerprint density at radius 1 is 1.40 bits per heavy atom. The summed E-state index contributed by atoms with van der Waals surface area (Å²) in [5, 5.41) is 8.59. The highest BCUT2D eigenvalue weighted by Gasteiger charge is 1.95. The summed E-state index contributed by atoms with van der Waals surface area (Å²) < 4.78 is 1.04. The number of rotatable bonds is 2. The predicted octanol–water partition coefficient (Wildman–Crippen LogP) is 2.49. The Labute approximate surface area is 72.6 Å². The summed E-state index contributed by atoms with van der Waals surface area (Å²) in [6.07, 6.45) is 0. The number of aliphatic hydroxyl groups is 1. The third-order valence-electron chi connectivity index (χ3n) is 1.06. The molecule has 0 atom stereocenters. The standard InChI is InChI=1S/C7H7BrOS/c8-6-3-1-2-4-7(6)10-5-9/h1-4,9H,5H2. The van der Waals surface area contributed by atoms with Crippen molar-refractivity contribution in [2.45, 2.75) is 4.90 Å². The van der Waals surface area contributed by atoms with Crippen LogP contribution in [0.4, 0.5) is 0 Å². The minimum absolute atomic E-state index is 0.128. The molecule has 3 heteroatoms. The molecule has 0 heterocycles. The molecule has 1 aromatic carbocycles. The van der Waals surface area contributed by atoms with Crippen LogP contribution >= 0.6 is 27.7 Å². The van der Waals surface area contributed by atoms with Gasteiger partial charge in [-0.25, -0.2) is 0 Å². The molecule has 1 rings (SSSR count). The molecule has 54 valence electrons. The zero-order chi connectivity index (χ0) is 7.40. The van der Waals surface area contributed by atoms with Crippen molar-refractivity contribution < 1.29 is 5.11 Å². The quantitative estimate of drug-likeness (QED) is 0.609. The summed E-state index contributed by atoms with van der Waals surface area (Å²) >= 11 is 4.78. The van der Waals surface area contributed by atoms with Gasteiger partial charge in [0.1, 0.15) is 0 Å². The van der Waals surface area contributed by atoms with E-state index in [9.17, 15) is 0 Å². The second kappa shape index (κ2) is 4.01. The minimum Gasteiger partial charge on any atom is -0.385 e. The van der Waals surface area contributed by atoms with E-state index in [2.05, 4.69) is 15.9 Å². The van der Waals surface area contributed by atoms with E-state index in [0.29, 0.717) is 0 Å². The van der Waals surface area contributed by atoms with Crippen LogP contribution in [0.2, 0.25) is 0 Å². The average Bonchev–Trinajstić information content (AvgIpc) is 1.94. The van der Waals surface area contributed by atoms with E-state index in [4.69, 9.17) is 5.11 Å². The third kappa shape index (κ3) is 2.01. The smallest absolute Gasteiger partial charge is 0.0932 e. The SMILES string of the molecule is OCSc1ccccc1Br. The van der Waals surface area contributed by atoms with Gasteiger partial charge in [-0.1, -0.05) is 23.9 Å². The highest BCUT2D eigenvalue weighted by atomic mass is 79.9. The van der Waals surface area contributed by atoms with Crippen LogP contribution < -0.4 is 0 Å². The lowest BCUT2D eigenvalue weighted by atomic mass is 10.4. The molecule has 0 unspecified atom stereocenters. The summed E-state index contributed by atoms with van der Waals surface area (Å²) in [6.45, 7) is 0. The van der Waals surface area contributed by atoms with Crippen molar-refractivity contribution in [3.63, 3.8) is 0 Å². The molecule has 1 aromatic rings. The number of aliphatic hydroxyl groups excluding tert-OH is 1. The Balaban J connectivity index is 2.81. The Morgan fingerprint density at radius 2 is 2.10 bits per heavy atom. The number of benzene rings is 1. The predicted molar refractivity (Wildman–Crippen MR) is 47.1 cm³/mol. The lowest BCUT2D eigenvalue weighted by molar-refractivity contribution is 0.375. The Bertz CT molecular complexity index is 215. The molecular weight excluding hydrogens is 212 g/mol. The first-order valence-corrected chi connectivity index (χ1v) is 4.60. The molecule has 0 saturated carbocycles. The molecule has 0 radical (unpaired) electrons. The average molecular weight is 219 g/mol. The highest BCUT2D eigenvalue weighted by molar-refractivity contribution is 9.10. The van der Waals surface area contributed by atoms with Gasteiger partial charge < -0.3 is 5.11 Å². The first-order valence-electron chi connectivity index (χ1n) is 2.83. The topological polar surface area (TPSA) is 20.2 Å². The summed E-state index contributed by atoms with van der Waals surface area (Å²) in [4.78, 5) is 1.07. The van der Waals surface area contributed by atoms with Crippen molar-refractivity contribution in [3.8, 4) is 0 Å². The number of hydrogen-bond acceptors (Lipinski definition) is 2. The Kier molecular flexibility index (Phi) is 3.25. The Morgan fingerprint density at radius 3 is 2.70 bits per heavy atom. The largest absolute Gasteiger partial charge is 0.385 e. The molecule has 0 fully saturated rings. The van der Waals surface area contributed by atoms with Gasteiger partial charge in [-0.2, -0.15) is 0 Å². The van der Waals surface area contributed by atoms with Gasteiger partial charge in [-0.3, -0.25) is 0 Å². The van der Waals surface area contributed by atoms with Crippen LogP contribution in [0.3, 0.4) is 0 Å². The molecule has 0 aliphatic rings. The van der Waals surface area contributed by atoms with Crippen LogP contribution in [0.15, 0.2) is 33.6 Å². The third-order valence-corrected chi connectivity index (χ3v) is 2.81. The number of hydrogen-bond donors (Lipinski definition) is 1. The van der Waals surface area contributed by atoms with E-state index >= 15 is 0 Å². The first-order chi connectivity index (χ1) is 4.84. The van der Waals surface area contributed by atoms with Crippen molar-refractivity contribution in [2.24, 2.45) is 0 Å². The molecule has 0 bridgehead atoms. The van der Waals surface area contributed by atoms with Gasteiger partial charge in [0.2, 0.25) is 0 Å². The van der Waals surface area contributed by atoms with Crippen LogP contribution in [0, 0.1) is 0 Å². The first kappa shape index (κ1) is 8.11. The van der Waals surface area contributed by atoms with Gasteiger partial charge >= 0.3 is 0 Å². The lowest BCUT2D eigenvalue weighted by Gasteiger charge is -1.98. The molecule has 0 aliphatic heterocycles. The zero-order valence-electron chi connectivity index (χ0n) is 5.25. The number of halogens is 1. The zero-order valence-corrected chi connectivity index (χ0v) is 7.65. The van der Waals surface area contributed by atoms with Gasteiger partial charge in [0.25, 0.3) is 0 Å². The van der Waals surface area contributed by atoms with Crippen LogP contribution in [-0.2, 0) is 0 Å². The fourth-order valence-corrected chi connectivity index (χ4v) is 1.78. The maximum absolute atomic E-state index is 8.59. The van der Waals surface area contributed by atoms with E-state index in [1.54, 1.807) is 0 Å². The maximum Gasteiger partial charge on any atom is 0.0932 e. The minimum atomic E-state index is 0.128. The van der Waals surface area contributed by atoms with Gasteiger partial charge in [0, 0.05) is 9.37 Å². The van der Waals surface area contributed by atoms with E-state index in [0.717, 1.165) is 9.37 Å². The monoisotopic (exact) mass is 218 g/mol. The van der Waals surface area contributed by atoms with Gasteiger partial charge in [-0.05, 0) is 28.1 Å². The van der Waals surface area contributed by atoms with E-state index in [1.807, 2.05) is 24.3 Å². The summed E-state index contributed by atoms with van der Waals surface area (Å²) in [6, 6.07) is 7.82. The summed E-state index contributed by atoms with van der Waals surface area (Å²) in [5.41, 5.74) is 0. The van der Waals surface area contributed by atoms with Crippen molar-refractivity contribution >= 4 is 27.7 Å². The van der Waals surface area contributed by atoms with Gasteiger partial charge in [0.05, 0.1) is 5.94 Å². The molecule has 0 aromatic heterocycles. The van der Waals surface area contributed by atoms with Crippen molar-refractivity contribution in [3.05, 3.63) is 28.7 Å². The normalized spacial score (nSPS) is 9.80. The van der Waals surface area contributed by atoms with Crippen LogP contribution in [0.5, 0.6) is 0 Å².